The Hall–Kier alpha value is -1.21. The number of likely N-dealkylation sites (tertiary alicyclic amines) is 1. The molecule has 3 heterocycles. The zero-order valence-electron chi connectivity index (χ0n) is 13.7. The van der Waals surface area contributed by atoms with E-state index in [-0.39, 0.29) is 6.61 Å². The third kappa shape index (κ3) is 4.64. The quantitative estimate of drug-likeness (QED) is 0.813. The van der Waals surface area contributed by atoms with E-state index in [4.69, 9.17) is 5.11 Å². The maximum atomic E-state index is 8.99. The van der Waals surface area contributed by atoms with Crippen LogP contribution in [0.15, 0.2) is 23.7 Å². The van der Waals surface area contributed by atoms with Gasteiger partial charge in [-0.15, -0.1) is 11.3 Å². The number of thiophene rings is 1. The standard InChI is InChI=1S/C17H26N4OS/c1-14-15(12-21(19-14)8-9-22)11-18-16-4-6-20(7-5-16)13-17-3-2-10-23-17/h2-3,10,12,16,18,22H,4-9,11,13H2,1H3. The first kappa shape index (κ1) is 16.6. The average Bonchev–Trinajstić information content (AvgIpc) is 3.17. The molecule has 1 aliphatic heterocycles. The predicted molar refractivity (Wildman–Crippen MR) is 93.5 cm³/mol. The second-order valence-corrected chi connectivity index (χ2v) is 7.27. The number of aryl methyl sites for hydroxylation is 1. The van der Waals surface area contributed by atoms with Crippen LogP contribution in [0.25, 0.3) is 0 Å². The number of rotatable bonds is 7. The molecule has 0 saturated carbocycles. The lowest BCUT2D eigenvalue weighted by Gasteiger charge is -2.32. The van der Waals surface area contributed by atoms with E-state index in [0.29, 0.717) is 12.6 Å². The molecule has 0 atom stereocenters. The van der Waals surface area contributed by atoms with Gasteiger partial charge in [0.25, 0.3) is 0 Å². The topological polar surface area (TPSA) is 53.3 Å². The van der Waals surface area contributed by atoms with Crippen molar-refractivity contribution in [2.24, 2.45) is 0 Å². The van der Waals surface area contributed by atoms with Gasteiger partial charge in [-0.2, -0.15) is 5.10 Å². The molecule has 23 heavy (non-hydrogen) atoms. The number of piperidine rings is 1. The Morgan fingerprint density at radius 1 is 1.39 bits per heavy atom. The van der Waals surface area contributed by atoms with Gasteiger partial charge in [0, 0.05) is 35.8 Å². The minimum absolute atomic E-state index is 0.136. The van der Waals surface area contributed by atoms with Crippen LogP contribution in [0, 0.1) is 6.92 Å². The number of hydrogen-bond donors (Lipinski definition) is 2. The second-order valence-electron chi connectivity index (χ2n) is 6.24. The minimum atomic E-state index is 0.136. The van der Waals surface area contributed by atoms with Gasteiger partial charge >= 0.3 is 0 Å². The van der Waals surface area contributed by atoms with E-state index >= 15 is 0 Å². The lowest BCUT2D eigenvalue weighted by molar-refractivity contribution is 0.191. The summed E-state index contributed by atoms with van der Waals surface area (Å²) in [6, 6.07) is 4.95. The third-order valence-electron chi connectivity index (χ3n) is 4.51. The molecule has 5 nitrogen and oxygen atoms in total. The van der Waals surface area contributed by atoms with Crippen LogP contribution in [0.3, 0.4) is 0 Å². The van der Waals surface area contributed by atoms with Crippen molar-refractivity contribution >= 4 is 11.3 Å². The number of aliphatic hydroxyl groups is 1. The summed E-state index contributed by atoms with van der Waals surface area (Å²) < 4.78 is 1.83. The van der Waals surface area contributed by atoms with E-state index in [1.165, 1.54) is 36.4 Å². The fraction of sp³-hybridized carbons (Fsp3) is 0.588. The van der Waals surface area contributed by atoms with Crippen LogP contribution in [0.5, 0.6) is 0 Å². The first-order valence-electron chi connectivity index (χ1n) is 8.36. The van der Waals surface area contributed by atoms with Crippen LogP contribution >= 0.6 is 11.3 Å². The van der Waals surface area contributed by atoms with Crippen molar-refractivity contribution in [3.63, 3.8) is 0 Å². The number of aromatic nitrogens is 2. The first-order chi connectivity index (χ1) is 11.2. The summed E-state index contributed by atoms with van der Waals surface area (Å²) in [5.41, 5.74) is 2.29. The molecule has 2 aromatic heterocycles. The molecule has 0 amide bonds. The van der Waals surface area contributed by atoms with Crippen molar-refractivity contribution in [3.05, 3.63) is 39.8 Å². The van der Waals surface area contributed by atoms with Gasteiger partial charge in [0.05, 0.1) is 18.8 Å². The maximum Gasteiger partial charge on any atom is 0.0641 e. The Labute approximate surface area is 141 Å². The van der Waals surface area contributed by atoms with Gasteiger partial charge in [0.1, 0.15) is 0 Å². The molecule has 0 aliphatic carbocycles. The van der Waals surface area contributed by atoms with Gasteiger partial charge in [0.2, 0.25) is 0 Å². The fourth-order valence-corrected chi connectivity index (χ4v) is 3.87. The second kappa shape index (κ2) is 8.06. The molecule has 126 valence electrons. The molecular formula is C17H26N4OS. The zero-order chi connectivity index (χ0) is 16.1. The Morgan fingerprint density at radius 3 is 2.91 bits per heavy atom. The van der Waals surface area contributed by atoms with Crippen LogP contribution in [0.1, 0.15) is 29.0 Å². The first-order valence-corrected chi connectivity index (χ1v) is 9.24. The highest BCUT2D eigenvalue weighted by Gasteiger charge is 2.19. The van der Waals surface area contributed by atoms with Crippen molar-refractivity contribution < 1.29 is 5.11 Å². The van der Waals surface area contributed by atoms with Crippen molar-refractivity contribution in [1.82, 2.24) is 20.0 Å². The summed E-state index contributed by atoms with van der Waals surface area (Å²) in [6.45, 7) is 7.04. The summed E-state index contributed by atoms with van der Waals surface area (Å²) in [4.78, 5) is 4.01. The smallest absolute Gasteiger partial charge is 0.0641 e. The van der Waals surface area contributed by atoms with Crippen LogP contribution < -0.4 is 5.32 Å². The predicted octanol–water partition coefficient (Wildman–Crippen LogP) is 2.00. The molecule has 1 fully saturated rings. The van der Waals surface area contributed by atoms with Gasteiger partial charge in [-0.05, 0) is 44.3 Å². The molecule has 3 rings (SSSR count). The van der Waals surface area contributed by atoms with Crippen molar-refractivity contribution in [2.75, 3.05) is 19.7 Å². The number of aliphatic hydroxyl groups excluding tert-OH is 1. The van der Waals surface area contributed by atoms with E-state index in [9.17, 15) is 0 Å². The van der Waals surface area contributed by atoms with Crippen molar-refractivity contribution in [3.8, 4) is 0 Å². The van der Waals surface area contributed by atoms with E-state index in [1.807, 2.05) is 29.1 Å². The average molecular weight is 334 g/mol. The number of nitrogens with zero attached hydrogens (tertiary/aromatic N) is 3. The summed E-state index contributed by atoms with van der Waals surface area (Å²) in [6.07, 6.45) is 4.45. The molecule has 0 aromatic carbocycles. The van der Waals surface area contributed by atoms with Crippen molar-refractivity contribution in [2.45, 2.75) is 45.4 Å². The Bertz CT molecular complexity index is 588. The Balaban J connectivity index is 1.42. The molecule has 0 unspecified atom stereocenters. The SMILES string of the molecule is Cc1nn(CCO)cc1CNC1CCN(Cc2cccs2)CC1. The van der Waals surface area contributed by atoms with E-state index < -0.39 is 0 Å². The molecular weight excluding hydrogens is 308 g/mol. The largest absolute Gasteiger partial charge is 0.394 e. The van der Waals surface area contributed by atoms with Crippen LogP contribution in [0.4, 0.5) is 0 Å². The van der Waals surface area contributed by atoms with Gasteiger partial charge < -0.3 is 10.4 Å². The Morgan fingerprint density at radius 2 is 2.22 bits per heavy atom. The highest BCUT2D eigenvalue weighted by atomic mass is 32.1. The summed E-state index contributed by atoms with van der Waals surface area (Å²) in [5.74, 6) is 0. The van der Waals surface area contributed by atoms with Gasteiger partial charge in [0.15, 0.2) is 0 Å². The summed E-state index contributed by atoms with van der Waals surface area (Å²) in [5, 5.41) is 19.2. The normalized spacial score (nSPS) is 17.0. The van der Waals surface area contributed by atoms with Crippen LogP contribution in [-0.4, -0.2) is 45.5 Å². The van der Waals surface area contributed by atoms with Crippen LogP contribution in [-0.2, 0) is 19.6 Å². The molecule has 1 aliphatic rings. The number of hydrogen-bond acceptors (Lipinski definition) is 5. The summed E-state index contributed by atoms with van der Waals surface area (Å²) in [7, 11) is 0. The van der Waals surface area contributed by atoms with E-state index in [2.05, 4.69) is 32.8 Å². The Kier molecular flexibility index (Phi) is 5.83. The summed E-state index contributed by atoms with van der Waals surface area (Å²) >= 11 is 1.85. The van der Waals surface area contributed by atoms with Gasteiger partial charge in [-0.25, -0.2) is 0 Å². The fourth-order valence-electron chi connectivity index (χ4n) is 3.12. The lowest BCUT2D eigenvalue weighted by Crippen LogP contribution is -2.41. The molecule has 0 radical (unpaired) electrons. The molecule has 2 N–H and O–H groups in total. The van der Waals surface area contributed by atoms with Crippen LogP contribution in [0.2, 0.25) is 0 Å². The van der Waals surface area contributed by atoms with E-state index in [1.54, 1.807) is 0 Å². The van der Waals surface area contributed by atoms with Crippen molar-refractivity contribution in [1.29, 1.82) is 0 Å². The monoisotopic (exact) mass is 334 g/mol. The molecule has 2 aromatic rings. The highest BCUT2D eigenvalue weighted by Crippen LogP contribution is 2.17. The third-order valence-corrected chi connectivity index (χ3v) is 5.37. The minimum Gasteiger partial charge on any atom is -0.394 e. The lowest BCUT2D eigenvalue weighted by atomic mass is 10.0. The zero-order valence-corrected chi connectivity index (χ0v) is 14.6. The molecule has 0 spiro atoms. The molecule has 0 bridgehead atoms. The highest BCUT2D eigenvalue weighted by molar-refractivity contribution is 7.09. The van der Waals surface area contributed by atoms with Gasteiger partial charge in [-0.1, -0.05) is 6.07 Å². The number of nitrogens with one attached hydrogen (secondary N) is 1. The maximum absolute atomic E-state index is 8.99. The molecule has 1 saturated heterocycles. The molecule has 6 heteroatoms. The van der Waals surface area contributed by atoms with E-state index in [0.717, 1.165) is 18.8 Å². The van der Waals surface area contributed by atoms with Gasteiger partial charge in [-0.3, -0.25) is 9.58 Å².